The van der Waals surface area contributed by atoms with Crippen LogP contribution in [0, 0.1) is 0 Å². The first kappa shape index (κ1) is 25.5. The number of rotatable bonds is 7. The number of pyridine rings is 1. The van der Waals surface area contributed by atoms with Crippen molar-refractivity contribution >= 4 is 46.8 Å². The van der Waals surface area contributed by atoms with Crippen LogP contribution in [0.3, 0.4) is 0 Å². The van der Waals surface area contributed by atoms with Crippen LogP contribution in [0.15, 0.2) is 76.7 Å². The van der Waals surface area contributed by atoms with Gasteiger partial charge < -0.3 is 15.0 Å². The van der Waals surface area contributed by atoms with Gasteiger partial charge in [0, 0.05) is 40.5 Å². The number of nitrogens with one attached hydrogen (secondary N) is 2. The zero-order valence-corrected chi connectivity index (χ0v) is 21.9. The van der Waals surface area contributed by atoms with Gasteiger partial charge >= 0.3 is 6.09 Å². The van der Waals surface area contributed by atoms with Crippen LogP contribution < -0.4 is 5.32 Å². The number of nitrogens with zero attached hydrogens (tertiary/aromatic N) is 3. The van der Waals surface area contributed by atoms with E-state index in [9.17, 15) is 9.59 Å². The molecule has 9 heteroatoms. The number of carbonyl (C=O) groups is 2. The van der Waals surface area contributed by atoms with Crippen molar-refractivity contribution in [2.75, 3.05) is 19.7 Å². The quantitative estimate of drug-likeness (QED) is 0.323. The lowest BCUT2D eigenvalue weighted by Crippen LogP contribution is -2.46. The lowest BCUT2D eigenvalue weighted by atomic mass is 10.0. The van der Waals surface area contributed by atoms with Crippen molar-refractivity contribution in [1.82, 2.24) is 25.4 Å². The van der Waals surface area contributed by atoms with E-state index in [1.807, 2.05) is 72.8 Å². The molecule has 3 heterocycles. The Kier molecular flexibility index (Phi) is 8.04. The Hall–Kier alpha value is -4.11. The number of likely N-dealkylation sites (tertiary alicyclic amines) is 1. The molecule has 1 saturated heterocycles. The molecule has 8 nitrogen and oxygen atoms in total. The summed E-state index contributed by atoms with van der Waals surface area (Å²) in [5.41, 5.74) is 3.27. The van der Waals surface area contributed by atoms with Gasteiger partial charge in [0.25, 0.3) is 5.91 Å². The SMILES string of the molecule is CCOC(=O)N1CCC(NC(=O)c2ccccc2Sc2ccc3c(/C=C/c4ccccn4)n[nH]c3c2)CC1. The number of fused-ring (bicyclic) bond motifs is 1. The second-order valence-electron chi connectivity index (χ2n) is 8.94. The molecule has 0 spiro atoms. The molecule has 0 radical (unpaired) electrons. The van der Waals surface area contributed by atoms with E-state index < -0.39 is 0 Å². The molecule has 0 aliphatic carbocycles. The number of amides is 2. The number of H-pyrrole nitrogens is 1. The fourth-order valence-corrected chi connectivity index (χ4v) is 5.39. The van der Waals surface area contributed by atoms with Crippen molar-refractivity contribution in [2.45, 2.75) is 35.6 Å². The second-order valence-corrected chi connectivity index (χ2v) is 10.1. The van der Waals surface area contributed by atoms with Crippen LogP contribution >= 0.6 is 11.8 Å². The smallest absolute Gasteiger partial charge is 0.409 e. The number of carbonyl (C=O) groups excluding carboxylic acids is 2. The van der Waals surface area contributed by atoms with Crippen LogP contribution in [0.2, 0.25) is 0 Å². The minimum atomic E-state index is -0.287. The summed E-state index contributed by atoms with van der Waals surface area (Å²) in [4.78, 5) is 33.0. The van der Waals surface area contributed by atoms with E-state index in [-0.39, 0.29) is 18.0 Å². The van der Waals surface area contributed by atoms with Crippen molar-refractivity contribution in [3.8, 4) is 0 Å². The Balaban J connectivity index is 1.25. The summed E-state index contributed by atoms with van der Waals surface area (Å²) >= 11 is 1.54. The number of ether oxygens (including phenoxy) is 1. The highest BCUT2D eigenvalue weighted by Gasteiger charge is 2.25. The molecule has 194 valence electrons. The van der Waals surface area contributed by atoms with Crippen LogP contribution in [0.5, 0.6) is 0 Å². The molecule has 2 aromatic carbocycles. The monoisotopic (exact) mass is 527 g/mol. The molecule has 0 unspecified atom stereocenters. The molecular formula is C29H29N5O3S. The largest absolute Gasteiger partial charge is 0.450 e. The van der Waals surface area contributed by atoms with Gasteiger partial charge in [0.15, 0.2) is 0 Å². The summed E-state index contributed by atoms with van der Waals surface area (Å²) in [5, 5.41) is 11.7. The first-order valence-electron chi connectivity index (χ1n) is 12.7. The Bertz CT molecular complexity index is 1450. The van der Waals surface area contributed by atoms with Gasteiger partial charge in [-0.25, -0.2) is 4.79 Å². The number of benzene rings is 2. The molecular weight excluding hydrogens is 498 g/mol. The number of aromatic nitrogens is 3. The summed E-state index contributed by atoms with van der Waals surface area (Å²) in [6.07, 6.45) is 6.77. The topological polar surface area (TPSA) is 100 Å². The van der Waals surface area contributed by atoms with Crippen molar-refractivity contribution in [1.29, 1.82) is 0 Å². The minimum absolute atomic E-state index is 0.0186. The molecule has 0 atom stereocenters. The summed E-state index contributed by atoms with van der Waals surface area (Å²) in [7, 11) is 0. The molecule has 1 aliphatic rings. The Morgan fingerprint density at radius 1 is 1.11 bits per heavy atom. The highest BCUT2D eigenvalue weighted by Crippen LogP contribution is 2.33. The highest BCUT2D eigenvalue weighted by molar-refractivity contribution is 7.99. The van der Waals surface area contributed by atoms with Crippen molar-refractivity contribution < 1.29 is 14.3 Å². The Morgan fingerprint density at radius 3 is 2.71 bits per heavy atom. The van der Waals surface area contributed by atoms with Crippen molar-refractivity contribution in [2.24, 2.45) is 0 Å². The summed E-state index contributed by atoms with van der Waals surface area (Å²) in [6.45, 7) is 3.31. The molecule has 0 bridgehead atoms. The average Bonchev–Trinajstić information content (AvgIpc) is 3.35. The molecule has 1 fully saturated rings. The van der Waals surface area contributed by atoms with Crippen molar-refractivity contribution in [3.05, 3.63) is 83.8 Å². The fraction of sp³-hybridized carbons (Fsp3) is 0.241. The zero-order valence-electron chi connectivity index (χ0n) is 21.1. The van der Waals surface area contributed by atoms with Gasteiger partial charge in [-0.15, -0.1) is 0 Å². The van der Waals surface area contributed by atoms with E-state index in [0.29, 0.717) is 38.1 Å². The van der Waals surface area contributed by atoms with E-state index >= 15 is 0 Å². The van der Waals surface area contributed by atoms with Gasteiger partial charge in [0.2, 0.25) is 0 Å². The maximum absolute atomic E-state index is 13.2. The predicted molar refractivity (Wildman–Crippen MR) is 149 cm³/mol. The van der Waals surface area contributed by atoms with Gasteiger partial charge in [-0.2, -0.15) is 5.10 Å². The first-order chi connectivity index (χ1) is 18.6. The normalized spacial score (nSPS) is 14.2. The number of aromatic amines is 1. The van der Waals surface area contributed by atoms with Crippen LogP contribution in [0.25, 0.3) is 23.1 Å². The summed E-state index contributed by atoms with van der Waals surface area (Å²) in [5.74, 6) is -0.104. The third-order valence-electron chi connectivity index (χ3n) is 6.38. The maximum atomic E-state index is 13.2. The Labute approximate surface area is 225 Å². The van der Waals surface area contributed by atoms with E-state index in [0.717, 1.165) is 32.1 Å². The molecule has 2 N–H and O–H groups in total. The van der Waals surface area contributed by atoms with Gasteiger partial charge in [-0.3, -0.25) is 14.9 Å². The van der Waals surface area contributed by atoms with Crippen LogP contribution in [0.4, 0.5) is 4.79 Å². The average molecular weight is 528 g/mol. The second kappa shape index (κ2) is 12.0. The number of piperidine rings is 1. The third kappa shape index (κ3) is 6.06. The first-order valence-corrected chi connectivity index (χ1v) is 13.5. The van der Waals surface area contributed by atoms with Gasteiger partial charge in [0.1, 0.15) is 0 Å². The maximum Gasteiger partial charge on any atom is 0.409 e. The molecule has 1 aliphatic heterocycles. The van der Waals surface area contributed by atoms with Crippen LogP contribution in [-0.4, -0.2) is 57.8 Å². The van der Waals surface area contributed by atoms with E-state index in [1.54, 1.807) is 29.8 Å². The molecule has 0 saturated carbocycles. The van der Waals surface area contributed by atoms with Crippen LogP contribution in [0.1, 0.15) is 41.5 Å². The standard InChI is InChI=1S/C29H29N5O3S/c1-2-37-29(36)34-17-14-21(15-18-34)31-28(35)24-8-3-4-9-27(24)38-22-11-12-23-25(32-33-26(23)19-22)13-10-20-7-5-6-16-30-20/h3-13,16,19,21H,2,14-15,17-18H2,1H3,(H,31,35)(H,32,33)/b13-10+. The number of hydrogen-bond acceptors (Lipinski definition) is 6. The van der Waals surface area contributed by atoms with Gasteiger partial charge in [-0.1, -0.05) is 30.0 Å². The van der Waals surface area contributed by atoms with E-state index in [4.69, 9.17) is 4.74 Å². The fourth-order valence-electron chi connectivity index (χ4n) is 4.40. The van der Waals surface area contributed by atoms with Crippen molar-refractivity contribution in [3.63, 3.8) is 0 Å². The van der Waals surface area contributed by atoms with E-state index in [1.165, 1.54) is 0 Å². The molecule has 38 heavy (non-hydrogen) atoms. The Morgan fingerprint density at radius 2 is 1.92 bits per heavy atom. The van der Waals surface area contributed by atoms with Crippen LogP contribution in [-0.2, 0) is 4.74 Å². The lowest BCUT2D eigenvalue weighted by molar-refractivity contribution is 0.0858. The molecule has 5 rings (SSSR count). The lowest BCUT2D eigenvalue weighted by Gasteiger charge is -2.31. The highest BCUT2D eigenvalue weighted by atomic mass is 32.2. The van der Waals surface area contributed by atoms with Gasteiger partial charge in [-0.05, 0) is 74.4 Å². The molecule has 4 aromatic rings. The molecule has 2 amide bonds. The summed E-state index contributed by atoms with van der Waals surface area (Å²) < 4.78 is 5.08. The zero-order chi connectivity index (χ0) is 26.3. The number of hydrogen-bond donors (Lipinski definition) is 2. The summed E-state index contributed by atoms with van der Waals surface area (Å²) in [6, 6.07) is 19.6. The van der Waals surface area contributed by atoms with Gasteiger partial charge in [0.05, 0.1) is 29.1 Å². The third-order valence-corrected chi connectivity index (χ3v) is 7.44. The molecule has 2 aromatic heterocycles. The predicted octanol–water partition coefficient (Wildman–Crippen LogP) is 5.63. The minimum Gasteiger partial charge on any atom is -0.450 e. The van der Waals surface area contributed by atoms with E-state index in [2.05, 4.69) is 20.5 Å².